The van der Waals surface area contributed by atoms with Crippen molar-refractivity contribution < 1.29 is 0 Å². The molecule has 0 unspecified atom stereocenters. The summed E-state index contributed by atoms with van der Waals surface area (Å²) >= 11 is 2.25. The summed E-state index contributed by atoms with van der Waals surface area (Å²) in [5, 5.41) is 1.06. The zero-order chi connectivity index (χ0) is 13.5. The van der Waals surface area contributed by atoms with Gasteiger partial charge in [-0.15, -0.1) is 0 Å². The van der Waals surface area contributed by atoms with E-state index in [0.29, 0.717) is 15.2 Å². The van der Waals surface area contributed by atoms with Crippen LogP contribution in [-0.4, -0.2) is 53.8 Å². The summed E-state index contributed by atoms with van der Waals surface area (Å²) in [4.78, 5) is 11.3. The fourth-order valence-corrected chi connectivity index (χ4v) is 3.29. The number of nitrogens with zero attached hydrogens (tertiary/aromatic N) is 3. The van der Waals surface area contributed by atoms with Crippen molar-refractivity contribution in [3.05, 3.63) is 18.6 Å². The molecule has 3 rings (SSSR count). The van der Waals surface area contributed by atoms with Gasteiger partial charge in [0, 0.05) is 13.1 Å². The van der Waals surface area contributed by atoms with Gasteiger partial charge in [0.2, 0.25) is 0 Å². The standard InChI is InChI=1S/C7H8N4Se.C5H11NS/c1-12-11-7-5-2-3-8-6(5)9-4-10-7;1-7-6-4-2-3-5-6/h2-4H,1H3,(H2,8,9,10,11);2-5H2,1H3. The zero-order valence-corrected chi connectivity index (χ0v) is 13.7. The van der Waals surface area contributed by atoms with Gasteiger partial charge in [-0.3, -0.25) is 4.31 Å². The number of H-pyrrole nitrogens is 1. The van der Waals surface area contributed by atoms with E-state index in [0.717, 1.165) is 16.9 Å². The van der Waals surface area contributed by atoms with Crippen molar-refractivity contribution in [2.45, 2.75) is 18.7 Å². The van der Waals surface area contributed by atoms with Gasteiger partial charge >= 0.3 is 75.7 Å². The van der Waals surface area contributed by atoms with Crippen LogP contribution in [0.2, 0.25) is 5.82 Å². The molecule has 0 aliphatic carbocycles. The van der Waals surface area contributed by atoms with Crippen LogP contribution in [0.25, 0.3) is 11.0 Å². The Morgan fingerprint density at radius 3 is 2.79 bits per heavy atom. The van der Waals surface area contributed by atoms with Gasteiger partial charge in [0.15, 0.2) is 0 Å². The number of fused-ring (bicyclic) bond motifs is 1. The van der Waals surface area contributed by atoms with Crippen molar-refractivity contribution in [2.24, 2.45) is 0 Å². The fourth-order valence-electron chi connectivity index (χ4n) is 1.92. The Bertz CT molecular complexity index is 498. The van der Waals surface area contributed by atoms with E-state index in [1.165, 1.54) is 25.9 Å². The minimum atomic E-state index is 0.387. The molecule has 1 fully saturated rings. The van der Waals surface area contributed by atoms with E-state index in [-0.39, 0.29) is 0 Å². The molecule has 0 bridgehead atoms. The first-order valence-corrected chi connectivity index (χ1v) is 9.96. The summed E-state index contributed by atoms with van der Waals surface area (Å²) < 4.78 is 5.63. The average Bonchev–Trinajstić information content (AvgIpc) is 3.11. The van der Waals surface area contributed by atoms with Crippen molar-refractivity contribution in [1.29, 1.82) is 0 Å². The van der Waals surface area contributed by atoms with Gasteiger partial charge < -0.3 is 0 Å². The molecule has 2 N–H and O–H groups in total. The number of aromatic amines is 1. The summed E-state index contributed by atoms with van der Waals surface area (Å²) in [5.74, 6) is 3.02. The second-order valence-corrected chi connectivity index (χ2v) is 6.25. The van der Waals surface area contributed by atoms with E-state index < -0.39 is 0 Å². The quantitative estimate of drug-likeness (QED) is 0.661. The summed E-state index contributed by atoms with van der Waals surface area (Å²) in [5.41, 5.74) is 0.886. The Balaban J connectivity index is 0.000000163. The molecule has 2 aromatic rings. The normalized spacial score (nSPS) is 15.3. The molecule has 0 amide bonds. The number of anilines is 1. The molecule has 1 saturated heterocycles. The van der Waals surface area contributed by atoms with Crippen LogP contribution in [-0.2, 0) is 0 Å². The number of nitrogens with one attached hydrogen (secondary N) is 2. The van der Waals surface area contributed by atoms with Crippen LogP contribution >= 0.6 is 11.9 Å². The number of hydrogen-bond donors (Lipinski definition) is 2. The molecule has 19 heavy (non-hydrogen) atoms. The van der Waals surface area contributed by atoms with E-state index in [4.69, 9.17) is 0 Å². The van der Waals surface area contributed by atoms with Crippen LogP contribution in [0, 0.1) is 0 Å². The van der Waals surface area contributed by atoms with Gasteiger partial charge in [-0.05, 0) is 19.1 Å². The van der Waals surface area contributed by atoms with Gasteiger partial charge in [-0.2, -0.15) is 0 Å². The van der Waals surface area contributed by atoms with Gasteiger partial charge in [0.25, 0.3) is 0 Å². The number of hydrogen-bond acceptors (Lipinski definition) is 5. The summed E-state index contributed by atoms with van der Waals surface area (Å²) in [6.07, 6.45) is 8.38. The van der Waals surface area contributed by atoms with E-state index in [1.54, 1.807) is 6.33 Å². The first-order chi connectivity index (χ1) is 9.35. The van der Waals surface area contributed by atoms with E-state index in [1.807, 2.05) is 24.2 Å². The van der Waals surface area contributed by atoms with Gasteiger partial charge in [0.05, 0.1) is 0 Å². The molecule has 104 valence electrons. The third-order valence-corrected chi connectivity index (χ3v) is 4.59. The van der Waals surface area contributed by atoms with Crippen molar-refractivity contribution in [3.8, 4) is 0 Å². The first-order valence-electron chi connectivity index (χ1n) is 6.21. The molecule has 3 heterocycles. The maximum absolute atomic E-state index is 4.14. The van der Waals surface area contributed by atoms with Crippen LogP contribution in [0.5, 0.6) is 0 Å². The summed E-state index contributed by atoms with van der Waals surface area (Å²) in [7, 11) is 0. The molecule has 2 aromatic heterocycles. The topological polar surface area (TPSA) is 56.8 Å². The molecular weight excluding hydrogens is 325 g/mol. The third-order valence-electron chi connectivity index (χ3n) is 2.88. The molecule has 0 radical (unpaired) electrons. The molecule has 0 aromatic carbocycles. The Hall–Kier alpha value is -0.751. The monoisotopic (exact) mass is 345 g/mol. The molecule has 0 spiro atoms. The Labute approximate surface area is 124 Å². The minimum absolute atomic E-state index is 0.387. The second kappa shape index (κ2) is 7.75. The third kappa shape index (κ3) is 4.11. The Morgan fingerprint density at radius 2 is 2.16 bits per heavy atom. The van der Waals surface area contributed by atoms with Crippen molar-refractivity contribution in [3.63, 3.8) is 0 Å². The molecule has 1 aliphatic heterocycles. The first kappa shape index (κ1) is 14.7. The van der Waals surface area contributed by atoms with E-state index in [9.17, 15) is 0 Å². The average molecular weight is 344 g/mol. The Morgan fingerprint density at radius 1 is 1.37 bits per heavy atom. The fraction of sp³-hybridized carbons (Fsp3) is 0.500. The summed E-state index contributed by atoms with van der Waals surface area (Å²) in [6, 6.07) is 1.98. The van der Waals surface area contributed by atoms with Crippen LogP contribution < -0.4 is 4.33 Å². The van der Waals surface area contributed by atoms with Crippen LogP contribution in [0.15, 0.2) is 18.6 Å². The van der Waals surface area contributed by atoms with Crippen molar-refractivity contribution in [2.75, 3.05) is 23.7 Å². The van der Waals surface area contributed by atoms with Crippen LogP contribution in [0.4, 0.5) is 5.82 Å². The number of rotatable bonds is 3. The van der Waals surface area contributed by atoms with Crippen molar-refractivity contribution in [1.82, 2.24) is 19.3 Å². The van der Waals surface area contributed by atoms with E-state index in [2.05, 4.69) is 35.7 Å². The van der Waals surface area contributed by atoms with Crippen LogP contribution in [0.1, 0.15) is 12.8 Å². The number of aromatic nitrogens is 3. The maximum atomic E-state index is 4.14. The molecule has 5 nitrogen and oxygen atoms in total. The molecule has 0 saturated carbocycles. The Kier molecular flexibility index (Phi) is 5.97. The van der Waals surface area contributed by atoms with Crippen molar-refractivity contribution >= 4 is 44.0 Å². The zero-order valence-electron chi connectivity index (χ0n) is 11.2. The van der Waals surface area contributed by atoms with Crippen LogP contribution in [0.3, 0.4) is 0 Å². The molecular formula is C12H19N5SSe. The second-order valence-electron chi connectivity index (χ2n) is 4.09. The summed E-state index contributed by atoms with van der Waals surface area (Å²) in [6.45, 7) is 2.61. The molecule has 1 aliphatic rings. The van der Waals surface area contributed by atoms with Gasteiger partial charge in [-0.1, -0.05) is 11.9 Å². The van der Waals surface area contributed by atoms with Gasteiger partial charge in [-0.25, -0.2) is 0 Å². The molecule has 0 atom stereocenters. The SMILES string of the molecule is CSN1CCCC1.C[Se]Nc1ncnc2[nH]ccc12. The predicted octanol–water partition coefficient (Wildman–Crippen LogP) is 2.40. The predicted molar refractivity (Wildman–Crippen MR) is 83.5 cm³/mol. The molecule has 7 heteroatoms. The van der Waals surface area contributed by atoms with Gasteiger partial charge in [0.1, 0.15) is 0 Å². The van der Waals surface area contributed by atoms with E-state index >= 15 is 0 Å².